The minimum Gasteiger partial charge on any atom is -0.380 e. The van der Waals surface area contributed by atoms with Crippen molar-refractivity contribution in [1.29, 1.82) is 0 Å². The number of ether oxygens (including phenoxy) is 1. The molecular weight excluding hydrogens is 188 g/mol. The molecule has 0 radical (unpaired) electrons. The van der Waals surface area contributed by atoms with Gasteiger partial charge in [0.2, 0.25) is 0 Å². The fourth-order valence-electron chi connectivity index (χ4n) is 1.01. The average molecular weight is 202 g/mol. The Morgan fingerprint density at radius 1 is 1.58 bits per heavy atom. The molecule has 12 heavy (non-hydrogen) atoms. The summed E-state index contributed by atoms with van der Waals surface area (Å²) >= 11 is 3.72. The van der Waals surface area contributed by atoms with Gasteiger partial charge in [-0.1, -0.05) is 6.92 Å². The second kappa shape index (κ2) is 4.90. The van der Waals surface area contributed by atoms with Gasteiger partial charge < -0.3 is 4.74 Å². The number of thioether (sulfide) groups is 1. The van der Waals surface area contributed by atoms with Crippen LogP contribution >= 0.6 is 23.1 Å². The fraction of sp³-hybridized carbons (Fsp3) is 0.556. The highest BCUT2D eigenvalue weighted by Gasteiger charge is 2.07. The summed E-state index contributed by atoms with van der Waals surface area (Å²) in [4.78, 5) is 0. The maximum atomic E-state index is 5.15. The van der Waals surface area contributed by atoms with Crippen molar-refractivity contribution in [2.75, 3.05) is 12.9 Å². The zero-order valence-electron chi connectivity index (χ0n) is 7.72. The van der Waals surface area contributed by atoms with E-state index in [1.165, 1.54) is 15.3 Å². The van der Waals surface area contributed by atoms with Crippen molar-refractivity contribution in [3.05, 3.63) is 16.5 Å². The summed E-state index contributed by atoms with van der Waals surface area (Å²) in [5, 5.41) is 2.20. The molecule has 0 aromatic carbocycles. The number of hydrogen-bond acceptors (Lipinski definition) is 3. The topological polar surface area (TPSA) is 9.23 Å². The van der Waals surface area contributed by atoms with Crippen molar-refractivity contribution in [1.82, 2.24) is 0 Å². The van der Waals surface area contributed by atoms with Crippen LogP contribution in [0.2, 0.25) is 0 Å². The fourth-order valence-corrected chi connectivity index (χ4v) is 3.23. The molecule has 1 rings (SSSR count). The summed E-state index contributed by atoms with van der Waals surface area (Å²) < 4.78 is 6.56. The van der Waals surface area contributed by atoms with Crippen molar-refractivity contribution >= 4 is 23.1 Å². The Morgan fingerprint density at radius 3 is 2.92 bits per heavy atom. The third kappa shape index (κ3) is 2.25. The van der Waals surface area contributed by atoms with Crippen molar-refractivity contribution in [2.24, 2.45) is 0 Å². The highest BCUT2D eigenvalue weighted by Crippen LogP contribution is 2.32. The Bertz CT molecular complexity index is 243. The van der Waals surface area contributed by atoms with Crippen LogP contribution in [0.25, 0.3) is 0 Å². The summed E-state index contributed by atoms with van der Waals surface area (Å²) in [5.41, 5.74) is 2.73. The van der Waals surface area contributed by atoms with Gasteiger partial charge in [0.25, 0.3) is 0 Å². The Morgan fingerprint density at radius 2 is 2.33 bits per heavy atom. The van der Waals surface area contributed by atoms with Crippen LogP contribution in [0.1, 0.15) is 18.1 Å². The van der Waals surface area contributed by atoms with Crippen LogP contribution in [0.15, 0.2) is 9.59 Å². The molecule has 0 N–H and O–H groups in total. The van der Waals surface area contributed by atoms with E-state index < -0.39 is 0 Å². The standard InChI is InChI=1S/C9H14OS2/c1-4-11-9-8(5-10-3)7(2)6-12-9/h6H,4-5H2,1-3H3. The molecule has 0 bridgehead atoms. The molecule has 3 heteroatoms. The predicted molar refractivity (Wildman–Crippen MR) is 56.2 cm³/mol. The molecule has 0 saturated carbocycles. The molecular formula is C9H14OS2. The van der Waals surface area contributed by atoms with Gasteiger partial charge in [0.05, 0.1) is 10.8 Å². The van der Waals surface area contributed by atoms with Gasteiger partial charge in [0.1, 0.15) is 0 Å². The van der Waals surface area contributed by atoms with E-state index in [2.05, 4.69) is 19.2 Å². The Labute approximate surface area is 82.1 Å². The van der Waals surface area contributed by atoms with Gasteiger partial charge >= 0.3 is 0 Å². The van der Waals surface area contributed by atoms with E-state index in [0.717, 1.165) is 12.4 Å². The van der Waals surface area contributed by atoms with Crippen molar-refractivity contribution in [3.63, 3.8) is 0 Å². The lowest BCUT2D eigenvalue weighted by molar-refractivity contribution is 0.183. The van der Waals surface area contributed by atoms with E-state index in [4.69, 9.17) is 4.74 Å². The first-order valence-electron chi connectivity index (χ1n) is 3.98. The molecule has 1 aromatic heterocycles. The summed E-state index contributed by atoms with van der Waals surface area (Å²) in [6.07, 6.45) is 0. The maximum absolute atomic E-state index is 5.15. The largest absolute Gasteiger partial charge is 0.380 e. The molecule has 0 fully saturated rings. The minimum atomic E-state index is 0.748. The van der Waals surface area contributed by atoms with Crippen LogP contribution in [0, 0.1) is 6.92 Å². The van der Waals surface area contributed by atoms with E-state index in [1.807, 2.05) is 23.1 Å². The minimum absolute atomic E-state index is 0.748. The number of methoxy groups -OCH3 is 1. The van der Waals surface area contributed by atoms with Crippen molar-refractivity contribution < 1.29 is 4.74 Å². The number of thiophene rings is 1. The number of hydrogen-bond donors (Lipinski definition) is 0. The summed E-state index contributed by atoms with van der Waals surface area (Å²) in [6.45, 7) is 5.07. The van der Waals surface area contributed by atoms with Gasteiger partial charge in [0, 0.05) is 12.7 Å². The van der Waals surface area contributed by atoms with Crippen LogP contribution in [0.4, 0.5) is 0 Å². The predicted octanol–water partition coefficient (Wildman–Crippen LogP) is 3.31. The summed E-state index contributed by atoms with van der Waals surface area (Å²) in [5.74, 6) is 1.14. The molecule has 0 unspecified atom stereocenters. The summed E-state index contributed by atoms with van der Waals surface area (Å²) in [6, 6.07) is 0. The molecule has 0 aliphatic carbocycles. The summed E-state index contributed by atoms with van der Waals surface area (Å²) in [7, 11) is 1.75. The zero-order valence-corrected chi connectivity index (χ0v) is 9.35. The van der Waals surface area contributed by atoms with Crippen LogP contribution in [0.5, 0.6) is 0 Å². The van der Waals surface area contributed by atoms with Crippen LogP contribution in [-0.2, 0) is 11.3 Å². The van der Waals surface area contributed by atoms with Crippen LogP contribution < -0.4 is 0 Å². The van der Waals surface area contributed by atoms with Crippen molar-refractivity contribution in [2.45, 2.75) is 24.7 Å². The highest BCUT2D eigenvalue weighted by molar-refractivity contribution is 8.01. The van der Waals surface area contributed by atoms with E-state index >= 15 is 0 Å². The molecule has 0 saturated heterocycles. The molecule has 1 heterocycles. The van der Waals surface area contributed by atoms with Gasteiger partial charge in [-0.15, -0.1) is 23.1 Å². The second-order valence-electron chi connectivity index (χ2n) is 2.55. The van der Waals surface area contributed by atoms with Gasteiger partial charge in [0.15, 0.2) is 0 Å². The molecule has 0 amide bonds. The van der Waals surface area contributed by atoms with E-state index in [-0.39, 0.29) is 0 Å². The smallest absolute Gasteiger partial charge is 0.0734 e. The van der Waals surface area contributed by atoms with Crippen LogP contribution in [-0.4, -0.2) is 12.9 Å². The van der Waals surface area contributed by atoms with E-state index in [0.29, 0.717) is 0 Å². The lowest BCUT2D eigenvalue weighted by atomic mass is 10.2. The van der Waals surface area contributed by atoms with E-state index in [1.54, 1.807) is 7.11 Å². The van der Waals surface area contributed by atoms with Crippen LogP contribution in [0.3, 0.4) is 0 Å². The number of aryl methyl sites for hydroxylation is 1. The quantitative estimate of drug-likeness (QED) is 0.693. The zero-order chi connectivity index (χ0) is 8.97. The molecule has 68 valence electrons. The molecule has 0 aliphatic heterocycles. The monoisotopic (exact) mass is 202 g/mol. The molecule has 1 aromatic rings. The third-order valence-corrected chi connectivity index (χ3v) is 4.00. The Kier molecular flexibility index (Phi) is 4.12. The van der Waals surface area contributed by atoms with E-state index in [9.17, 15) is 0 Å². The first-order chi connectivity index (χ1) is 5.79. The Balaban J connectivity index is 2.80. The van der Waals surface area contributed by atoms with Gasteiger partial charge in [-0.3, -0.25) is 0 Å². The molecule has 0 atom stereocenters. The normalized spacial score (nSPS) is 10.6. The first kappa shape index (κ1) is 10.1. The molecule has 0 aliphatic rings. The van der Waals surface area contributed by atoms with Crippen molar-refractivity contribution in [3.8, 4) is 0 Å². The van der Waals surface area contributed by atoms with Gasteiger partial charge in [-0.05, 0) is 23.6 Å². The highest BCUT2D eigenvalue weighted by atomic mass is 32.2. The lowest BCUT2D eigenvalue weighted by Gasteiger charge is -2.01. The third-order valence-electron chi connectivity index (χ3n) is 1.63. The molecule has 0 spiro atoms. The number of rotatable bonds is 4. The lowest BCUT2D eigenvalue weighted by Crippen LogP contribution is -1.89. The molecule has 1 nitrogen and oxygen atoms in total. The van der Waals surface area contributed by atoms with Gasteiger partial charge in [-0.25, -0.2) is 0 Å². The Hall–Kier alpha value is 0.01000. The average Bonchev–Trinajstić information content (AvgIpc) is 2.37. The van der Waals surface area contributed by atoms with Gasteiger partial charge in [-0.2, -0.15) is 0 Å². The second-order valence-corrected chi connectivity index (χ2v) is 4.96. The first-order valence-corrected chi connectivity index (χ1v) is 5.84. The SMILES string of the molecule is CCSc1scc(C)c1COC. The maximum Gasteiger partial charge on any atom is 0.0734 e.